The van der Waals surface area contributed by atoms with Crippen LogP contribution in [0.2, 0.25) is 0 Å². The SMILES string of the molecule is COC(=O)CC(=O)CCCc1ccc(Br)cc1. The quantitative estimate of drug-likeness (QED) is 0.599. The standard InChI is InChI=1S/C13H15BrO3/c1-17-13(16)9-12(15)4-2-3-10-5-7-11(14)8-6-10/h5-8H,2-4,9H2,1H3. The molecule has 92 valence electrons. The molecule has 0 aromatic heterocycles. The van der Waals surface area contributed by atoms with Crippen LogP contribution in [0.5, 0.6) is 0 Å². The molecule has 0 amide bonds. The van der Waals surface area contributed by atoms with E-state index in [1.807, 2.05) is 24.3 Å². The molecule has 1 rings (SSSR count). The maximum Gasteiger partial charge on any atom is 0.313 e. The summed E-state index contributed by atoms with van der Waals surface area (Å²) < 4.78 is 5.48. The zero-order valence-electron chi connectivity index (χ0n) is 9.74. The van der Waals surface area contributed by atoms with Crippen LogP contribution in [-0.4, -0.2) is 18.9 Å². The van der Waals surface area contributed by atoms with E-state index in [1.165, 1.54) is 12.7 Å². The molecular weight excluding hydrogens is 284 g/mol. The minimum atomic E-state index is -0.460. The van der Waals surface area contributed by atoms with E-state index in [0.717, 1.165) is 17.3 Å². The Morgan fingerprint density at radius 2 is 1.88 bits per heavy atom. The molecule has 0 saturated carbocycles. The number of benzene rings is 1. The fourth-order valence-corrected chi connectivity index (χ4v) is 1.73. The average molecular weight is 299 g/mol. The van der Waals surface area contributed by atoms with Gasteiger partial charge in [-0.1, -0.05) is 28.1 Å². The minimum Gasteiger partial charge on any atom is -0.469 e. The number of hydrogen-bond acceptors (Lipinski definition) is 3. The normalized spacial score (nSPS) is 10.0. The molecule has 0 N–H and O–H groups in total. The molecule has 17 heavy (non-hydrogen) atoms. The first-order chi connectivity index (χ1) is 8.11. The highest BCUT2D eigenvalue weighted by Crippen LogP contribution is 2.12. The fourth-order valence-electron chi connectivity index (χ4n) is 1.46. The number of hydrogen-bond donors (Lipinski definition) is 0. The van der Waals surface area contributed by atoms with Crippen LogP contribution >= 0.6 is 15.9 Å². The monoisotopic (exact) mass is 298 g/mol. The predicted molar refractivity (Wildman–Crippen MR) is 68.7 cm³/mol. The topological polar surface area (TPSA) is 43.4 Å². The van der Waals surface area contributed by atoms with Crippen LogP contribution in [0.25, 0.3) is 0 Å². The second kappa shape index (κ2) is 7.22. The van der Waals surface area contributed by atoms with Gasteiger partial charge < -0.3 is 4.74 Å². The van der Waals surface area contributed by atoms with Crippen molar-refractivity contribution in [1.82, 2.24) is 0 Å². The highest BCUT2D eigenvalue weighted by atomic mass is 79.9. The third kappa shape index (κ3) is 5.63. The Kier molecular flexibility index (Phi) is 5.91. The molecule has 0 aliphatic rings. The molecule has 0 bridgehead atoms. The van der Waals surface area contributed by atoms with E-state index >= 15 is 0 Å². The lowest BCUT2D eigenvalue weighted by molar-refractivity contribution is -0.143. The lowest BCUT2D eigenvalue weighted by Crippen LogP contribution is -2.09. The molecule has 0 fully saturated rings. The van der Waals surface area contributed by atoms with Gasteiger partial charge in [0.1, 0.15) is 12.2 Å². The summed E-state index contributed by atoms with van der Waals surface area (Å²) in [6, 6.07) is 8.00. The molecular formula is C13H15BrO3. The Morgan fingerprint density at radius 1 is 1.24 bits per heavy atom. The molecule has 0 saturated heterocycles. The predicted octanol–water partition coefficient (Wildman–Crippen LogP) is 2.90. The van der Waals surface area contributed by atoms with Crippen LogP contribution in [0.1, 0.15) is 24.8 Å². The van der Waals surface area contributed by atoms with Gasteiger partial charge >= 0.3 is 5.97 Å². The van der Waals surface area contributed by atoms with E-state index in [9.17, 15) is 9.59 Å². The van der Waals surface area contributed by atoms with E-state index < -0.39 is 5.97 Å². The van der Waals surface area contributed by atoms with Gasteiger partial charge in [-0.3, -0.25) is 9.59 Å². The van der Waals surface area contributed by atoms with Gasteiger partial charge in [0, 0.05) is 10.9 Å². The Morgan fingerprint density at radius 3 is 2.47 bits per heavy atom. The molecule has 0 spiro atoms. The van der Waals surface area contributed by atoms with Gasteiger partial charge in [0.15, 0.2) is 0 Å². The number of ketones is 1. The number of methoxy groups -OCH3 is 1. The maximum atomic E-state index is 11.3. The fraction of sp³-hybridized carbons (Fsp3) is 0.385. The second-order valence-electron chi connectivity index (χ2n) is 3.77. The summed E-state index contributed by atoms with van der Waals surface area (Å²) in [5.41, 5.74) is 1.19. The van der Waals surface area contributed by atoms with Gasteiger partial charge in [0.05, 0.1) is 7.11 Å². The van der Waals surface area contributed by atoms with Crippen molar-refractivity contribution in [2.24, 2.45) is 0 Å². The van der Waals surface area contributed by atoms with Crippen LogP contribution in [0, 0.1) is 0 Å². The van der Waals surface area contributed by atoms with E-state index in [1.54, 1.807) is 0 Å². The number of aryl methyl sites for hydroxylation is 1. The molecule has 0 radical (unpaired) electrons. The molecule has 0 heterocycles. The first-order valence-electron chi connectivity index (χ1n) is 5.45. The molecule has 1 aromatic carbocycles. The van der Waals surface area contributed by atoms with Crippen molar-refractivity contribution in [3.05, 3.63) is 34.3 Å². The zero-order chi connectivity index (χ0) is 12.7. The van der Waals surface area contributed by atoms with Crippen molar-refractivity contribution < 1.29 is 14.3 Å². The van der Waals surface area contributed by atoms with E-state index in [2.05, 4.69) is 20.7 Å². The number of halogens is 1. The first-order valence-corrected chi connectivity index (χ1v) is 6.24. The van der Waals surface area contributed by atoms with Gasteiger partial charge in [0.2, 0.25) is 0 Å². The number of carbonyl (C=O) groups is 2. The number of esters is 1. The Balaban J connectivity index is 2.26. The van der Waals surface area contributed by atoms with Crippen molar-refractivity contribution >= 4 is 27.7 Å². The third-order valence-electron chi connectivity index (χ3n) is 2.40. The van der Waals surface area contributed by atoms with Gasteiger partial charge in [-0.25, -0.2) is 0 Å². The number of ether oxygens (including phenoxy) is 1. The molecule has 0 aliphatic carbocycles. The van der Waals surface area contributed by atoms with Crippen LogP contribution in [0.3, 0.4) is 0 Å². The number of carbonyl (C=O) groups excluding carboxylic acids is 2. The van der Waals surface area contributed by atoms with Crippen molar-refractivity contribution in [3.63, 3.8) is 0 Å². The molecule has 0 atom stereocenters. The van der Waals surface area contributed by atoms with E-state index in [0.29, 0.717) is 6.42 Å². The summed E-state index contributed by atoms with van der Waals surface area (Å²) in [4.78, 5) is 22.2. The summed E-state index contributed by atoms with van der Waals surface area (Å²) in [6.07, 6.45) is 1.92. The highest BCUT2D eigenvalue weighted by Gasteiger charge is 2.08. The van der Waals surface area contributed by atoms with Crippen molar-refractivity contribution in [3.8, 4) is 0 Å². The largest absolute Gasteiger partial charge is 0.469 e. The first kappa shape index (κ1) is 13.9. The summed E-state index contributed by atoms with van der Waals surface area (Å²) in [7, 11) is 1.29. The Bertz CT molecular complexity index is 384. The second-order valence-corrected chi connectivity index (χ2v) is 4.69. The van der Waals surface area contributed by atoms with E-state index in [4.69, 9.17) is 0 Å². The average Bonchev–Trinajstić information content (AvgIpc) is 2.31. The Labute approximate surface area is 109 Å². The van der Waals surface area contributed by atoms with Gasteiger partial charge in [0.25, 0.3) is 0 Å². The summed E-state index contributed by atoms with van der Waals surface area (Å²) in [5.74, 6) is -0.521. The minimum absolute atomic E-state index is 0.0611. The van der Waals surface area contributed by atoms with Crippen molar-refractivity contribution in [1.29, 1.82) is 0 Å². The smallest absolute Gasteiger partial charge is 0.313 e. The molecule has 0 unspecified atom stereocenters. The lowest BCUT2D eigenvalue weighted by atomic mass is 10.1. The van der Waals surface area contributed by atoms with Gasteiger partial charge in [-0.05, 0) is 30.5 Å². The van der Waals surface area contributed by atoms with Crippen LogP contribution in [0.15, 0.2) is 28.7 Å². The summed E-state index contributed by atoms with van der Waals surface area (Å²) in [5, 5.41) is 0. The number of Topliss-reactive ketones (excluding diaryl/α,β-unsaturated/α-hetero) is 1. The number of rotatable bonds is 6. The van der Waals surface area contributed by atoms with Gasteiger partial charge in [-0.15, -0.1) is 0 Å². The zero-order valence-corrected chi connectivity index (χ0v) is 11.3. The van der Waals surface area contributed by atoms with Crippen LogP contribution < -0.4 is 0 Å². The van der Waals surface area contributed by atoms with Crippen molar-refractivity contribution in [2.75, 3.05) is 7.11 Å². The summed E-state index contributed by atoms with van der Waals surface area (Å²) in [6.45, 7) is 0. The van der Waals surface area contributed by atoms with E-state index in [-0.39, 0.29) is 12.2 Å². The third-order valence-corrected chi connectivity index (χ3v) is 2.93. The highest BCUT2D eigenvalue weighted by molar-refractivity contribution is 9.10. The molecule has 1 aromatic rings. The lowest BCUT2D eigenvalue weighted by Gasteiger charge is -2.01. The van der Waals surface area contributed by atoms with Crippen molar-refractivity contribution in [2.45, 2.75) is 25.7 Å². The maximum absolute atomic E-state index is 11.3. The summed E-state index contributed by atoms with van der Waals surface area (Å²) >= 11 is 3.37. The molecule has 3 nitrogen and oxygen atoms in total. The molecule has 4 heteroatoms. The Hall–Kier alpha value is -1.16. The molecule has 0 aliphatic heterocycles. The van der Waals surface area contributed by atoms with Crippen LogP contribution in [0.4, 0.5) is 0 Å². The van der Waals surface area contributed by atoms with Crippen LogP contribution in [-0.2, 0) is 20.7 Å². The van der Waals surface area contributed by atoms with Gasteiger partial charge in [-0.2, -0.15) is 0 Å².